The van der Waals surface area contributed by atoms with E-state index in [0.29, 0.717) is 5.56 Å². The van der Waals surface area contributed by atoms with Crippen LogP contribution in [0.3, 0.4) is 0 Å². The quantitative estimate of drug-likeness (QED) is 0.870. The molecule has 0 fully saturated rings. The van der Waals surface area contributed by atoms with Gasteiger partial charge in [-0.2, -0.15) is 0 Å². The molecule has 1 aromatic carbocycles. The highest BCUT2D eigenvalue weighted by Crippen LogP contribution is 2.11. The van der Waals surface area contributed by atoms with E-state index in [1.807, 2.05) is 39.0 Å². The second kappa shape index (κ2) is 5.04. The number of nitrogens with one attached hydrogen (secondary N) is 2. The second-order valence-corrected chi connectivity index (χ2v) is 4.55. The summed E-state index contributed by atoms with van der Waals surface area (Å²) < 4.78 is 0. The summed E-state index contributed by atoms with van der Waals surface area (Å²) in [6.07, 6.45) is 3.42. The Balaban J connectivity index is 2.12. The third-order valence-corrected chi connectivity index (χ3v) is 2.76. The Bertz CT molecular complexity index is 526. The number of carbonyl (C=O) groups excluding carboxylic acids is 1. The molecule has 1 unspecified atom stereocenters. The van der Waals surface area contributed by atoms with E-state index >= 15 is 0 Å². The number of carbonyl (C=O) groups is 1. The van der Waals surface area contributed by atoms with Crippen molar-refractivity contribution in [1.82, 2.24) is 15.3 Å². The Morgan fingerprint density at radius 1 is 1.28 bits per heavy atom. The molecule has 94 valence electrons. The minimum atomic E-state index is -0.131. The number of hydrogen-bond donors (Lipinski definition) is 2. The summed E-state index contributed by atoms with van der Waals surface area (Å²) in [5, 5.41) is 2.92. The van der Waals surface area contributed by atoms with E-state index in [1.54, 1.807) is 12.4 Å². The Hall–Kier alpha value is -2.10. The van der Waals surface area contributed by atoms with Crippen LogP contribution >= 0.6 is 0 Å². The first-order chi connectivity index (χ1) is 8.56. The number of nitrogens with zero attached hydrogens (tertiary/aromatic N) is 1. The Morgan fingerprint density at radius 2 is 1.94 bits per heavy atom. The number of aromatic amines is 1. The fourth-order valence-corrected chi connectivity index (χ4v) is 1.97. The van der Waals surface area contributed by atoms with Gasteiger partial charge in [0, 0.05) is 18.0 Å². The second-order valence-electron chi connectivity index (χ2n) is 4.55. The van der Waals surface area contributed by atoms with Gasteiger partial charge in [0.2, 0.25) is 0 Å². The van der Waals surface area contributed by atoms with Crippen molar-refractivity contribution in [3.63, 3.8) is 0 Å². The number of amides is 1. The molecule has 1 aromatic heterocycles. The van der Waals surface area contributed by atoms with Crippen molar-refractivity contribution in [2.24, 2.45) is 0 Å². The molecule has 2 rings (SSSR count). The van der Waals surface area contributed by atoms with E-state index in [2.05, 4.69) is 15.3 Å². The summed E-state index contributed by atoms with van der Waals surface area (Å²) in [5.74, 6) is 0.679. The van der Waals surface area contributed by atoms with Crippen LogP contribution < -0.4 is 5.32 Å². The van der Waals surface area contributed by atoms with Gasteiger partial charge in [-0.1, -0.05) is 17.2 Å². The average molecular weight is 243 g/mol. The Morgan fingerprint density at radius 3 is 2.50 bits per heavy atom. The molecule has 0 bridgehead atoms. The minimum Gasteiger partial charge on any atom is -0.347 e. The van der Waals surface area contributed by atoms with Gasteiger partial charge in [0.05, 0.1) is 6.04 Å². The molecule has 1 heterocycles. The zero-order valence-electron chi connectivity index (χ0n) is 10.8. The van der Waals surface area contributed by atoms with E-state index in [-0.39, 0.29) is 11.9 Å². The average Bonchev–Trinajstić information content (AvgIpc) is 2.80. The summed E-state index contributed by atoms with van der Waals surface area (Å²) in [6.45, 7) is 5.87. The van der Waals surface area contributed by atoms with Gasteiger partial charge in [-0.3, -0.25) is 4.79 Å². The summed E-state index contributed by atoms with van der Waals surface area (Å²) in [6, 6.07) is 5.69. The van der Waals surface area contributed by atoms with Gasteiger partial charge in [0.15, 0.2) is 0 Å². The number of imidazole rings is 1. The SMILES string of the molecule is Cc1cc(C)cc(C(=O)NC(C)c2ncc[nH]2)c1. The van der Waals surface area contributed by atoms with E-state index in [0.717, 1.165) is 17.0 Å². The van der Waals surface area contributed by atoms with Gasteiger partial charge in [0.1, 0.15) is 5.82 Å². The van der Waals surface area contributed by atoms with Crippen LogP contribution in [0.2, 0.25) is 0 Å². The van der Waals surface area contributed by atoms with E-state index in [9.17, 15) is 4.79 Å². The molecule has 4 nitrogen and oxygen atoms in total. The summed E-state index contributed by atoms with van der Waals surface area (Å²) in [4.78, 5) is 19.2. The lowest BCUT2D eigenvalue weighted by molar-refractivity contribution is 0.0938. The standard InChI is InChI=1S/C14H17N3O/c1-9-6-10(2)8-12(7-9)14(18)17-11(3)13-15-4-5-16-13/h4-8,11H,1-3H3,(H,15,16)(H,17,18). The van der Waals surface area contributed by atoms with Crippen LogP contribution in [0.1, 0.15) is 40.3 Å². The Kier molecular flexibility index (Phi) is 3.46. The highest BCUT2D eigenvalue weighted by Gasteiger charge is 2.13. The van der Waals surface area contributed by atoms with Crippen LogP contribution in [0.15, 0.2) is 30.6 Å². The van der Waals surface area contributed by atoms with Crippen molar-refractivity contribution in [2.75, 3.05) is 0 Å². The lowest BCUT2D eigenvalue weighted by Gasteiger charge is -2.12. The third-order valence-electron chi connectivity index (χ3n) is 2.76. The van der Waals surface area contributed by atoms with Crippen LogP contribution in [0, 0.1) is 13.8 Å². The Labute approximate surface area is 106 Å². The van der Waals surface area contributed by atoms with Crippen LogP contribution in [-0.4, -0.2) is 15.9 Å². The molecular weight excluding hydrogens is 226 g/mol. The molecule has 2 aromatic rings. The van der Waals surface area contributed by atoms with Crippen LogP contribution in [0.5, 0.6) is 0 Å². The predicted molar refractivity (Wildman–Crippen MR) is 70.4 cm³/mol. The first kappa shape index (κ1) is 12.4. The van der Waals surface area contributed by atoms with Crippen LogP contribution in [0.4, 0.5) is 0 Å². The number of H-pyrrole nitrogens is 1. The van der Waals surface area contributed by atoms with Crippen molar-refractivity contribution < 1.29 is 4.79 Å². The highest BCUT2D eigenvalue weighted by atomic mass is 16.1. The predicted octanol–water partition coefficient (Wildman–Crippen LogP) is 2.52. The topological polar surface area (TPSA) is 57.8 Å². The molecule has 2 N–H and O–H groups in total. The van der Waals surface area contributed by atoms with Gasteiger partial charge >= 0.3 is 0 Å². The van der Waals surface area contributed by atoms with Crippen molar-refractivity contribution in [2.45, 2.75) is 26.8 Å². The maximum atomic E-state index is 12.1. The molecule has 0 saturated carbocycles. The van der Waals surface area contributed by atoms with Crippen LogP contribution in [-0.2, 0) is 0 Å². The number of aromatic nitrogens is 2. The monoisotopic (exact) mass is 243 g/mol. The summed E-state index contributed by atoms with van der Waals surface area (Å²) in [5.41, 5.74) is 2.86. The van der Waals surface area contributed by atoms with Crippen molar-refractivity contribution in [1.29, 1.82) is 0 Å². The van der Waals surface area contributed by atoms with Gasteiger partial charge < -0.3 is 10.3 Å². The first-order valence-corrected chi connectivity index (χ1v) is 5.94. The lowest BCUT2D eigenvalue weighted by atomic mass is 10.1. The fraction of sp³-hybridized carbons (Fsp3) is 0.286. The fourth-order valence-electron chi connectivity index (χ4n) is 1.97. The normalized spacial score (nSPS) is 12.2. The number of aryl methyl sites for hydroxylation is 2. The largest absolute Gasteiger partial charge is 0.347 e. The summed E-state index contributed by atoms with van der Waals surface area (Å²) in [7, 11) is 0. The van der Waals surface area contributed by atoms with Gasteiger partial charge in [-0.15, -0.1) is 0 Å². The first-order valence-electron chi connectivity index (χ1n) is 5.94. The molecule has 0 spiro atoms. The van der Waals surface area contributed by atoms with Gasteiger partial charge in [-0.25, -0.2) is 4.98 Å². The molecule has 0 aliphatic rings. The number of benzene rings is 1. The smallest absolute Gasteiger partial charge is 0.251 e. The van der Waals surface area contributed by atoms with Gasteiger partial charge in [0.25, 0.3) is 5.91 Å². The van der Waals surface area contributed by atoms with Crippen LogP contribution in [0.25, 0.3) is 0 Å². The molecule has 1 atom stereocenters. The third kappa shape index (κ3) is 2.77. The van der Waals surface area contributed by atoms with Crippen molar-refractivity contribution in [3.05, 3.63) is 53.1 Å². The van der Waals surface area contributed by atoms with Crippen molar-refractivity contribution >= 4 is 5.91 Å². The highest BCUT2D eigenvalue weighted by molar-refractivity contribution is 5.94. The number of rotatable bonds is 3. The lowest BCUT2D eigenvalue weighted by Crippen LogP contribution is -2.27. The molecular formula is C14H17N3O. The molecule has 1 amide bonds. The summed E-state index contributed by atoms with van der Waals surface area (Å²) >= 11 is 0. The zero-order chi connectivity index (χ0) is 13.1. The zero-order valence-corrected chi connectivity index (χ0v) is 10.8. The maximum absolute atomic E-state index is 12.1. The number of hydrogen-bond acceptors (Lipinski definition) is 2. The maximum Gasteiger partial charge on any atom is 0.251 e. The van der Waals surface area contributed by atoms with E-state index in [4.69, 9.17) is 0 Å². The van der Waals surface area contributed by atoms with Crippen molar-refractivity contribution in [3.8, 4) is 0 Å². The molecule has 0 saturated heterocycles. The molecule has 0 aliphatic carbocycles. The van der Waals surface area contributed by atoms with E-state index < -0.39 is 0 Å². The minimum absolute atomic E-state index is 0.0781. The molecule has 0 aliphatic heterocycles. The van der Waals surface area contributed by atoms with Gasteiger partial charge in [-0.05, 0) is 32.9 Å². The molecule has 18 heavy (non-hydrogen) atoms. The van der Waals surface area contributed by atoms with E-state index in [1.165, 1.54) is 0 Å². The molecule has 4 heteroatoms. The molecule has 0 radical (unpaired) electrons.